The van der Waals surface area contributed by atoms with E-state index in [9.17, 15) is 9.59 Å². The Bertz CT molecular complexity index is 280. The van der Waals surface area contributed by atoms with Crippen molar-refractivity contribution in [1.29, 1.82) is 10.5 Å². The molecule has 0 amide bonds. The monoisotopic (exact) mass is 196 g/mol. The Hall–Kier alpha value is -2.08. The highest BCUT2D eigenvalue weighted by Crippen LogP contribution is 2.13. The molecule has 0 fully saturated rings. The standard InChI is InChI=1S/C8H8N2O4/c1-13-7(11)5(3-9)6(4-10)8(12)14-2/h5-6H,1-2H3/t5-,6+. The van der Waals surface area contributed by atoms with E-state index in [2.05, 4.69) is 9.47 Å². The van der Waals surface area contributed by atoms with Gasteiger partial charge in [0.05, 0.1) is 26.4 Å². The minimum absolute atomic E-state index is 0.926. The predicted octanol–water partition coefficient (Wildman–Crippen LogP) is -0.388. The molecular weight excluding hydrogens is 188 g/mol. The van der Waals surface area contributed by atoms with Gasteiger partial charge in [0.1, 0.15) is 0 Å². The zero-order chi connectivity index (χ0) is 11.1. The lowest BCUT2D eigenvalue weighted by Crippen LogP contribution is -2.29. The van der Waals surface area contributed by atoms with Crippen molar-refractivity contribution >= 4 is 11.9 Å². The van der Waals surface area contributed by atoms with Gasteiger partial charge >= 0.3 is 11.9 Å². The predicted molar refractivity (Wildman–Crippen MR) is 42.2 cm³/mol. The normalized spacial score (nSPS) is 12.9. The molecule has 0 aliphatic heterocycles. The number of nitriles is 2. The molecule has 0 saturated carbocycles. The Kier molecular flexibility index (Phi) is 4.72. The van der Waals surface area contributed by atoms with Crippen LogP contribution in [-0.4, -0.2) is 26.2 Å². The lowest BCUT2D eigenvalue weighted by atomic mass is 9.95. The third-order valence-electron chi connectivity index (χ3n) is 1.52. The van der Waals surface area contributed by atoms with E-state index in [0.717, 1.165) is 14.2 Å². The highest BCUT2D eigenvalue weighted by atomic mass is 16.5. The van der Waals surface area contributed by atoms with Gasteiger partial charge in [0.15, 0.2) is 11.8 Å². The molecule has 0 heterocycles. The van der Waals surface area contributed by atoms with Crippen LogP contribution in [0.25, 0.3) is 0 Å². The van der Waals surface area contributed by atoms with Crippen LogP contribution in [0.15, 0.2) is 0 Å². The van der Waals surface area contributed by atoms with E-state index in [1.165, 1.54) is 12.1 Å². The summed E-state index contributed by atoms with van der Waals surface area (Å²) in [5.41, 5.74) is 0. The molecule has 74 valence electrons. The number of carbonyl (C=O) groups excluding carboxylic acids is 2. The van der Waals surface area contributed by atoms with Crippen LogP contribution < -0.4 is 0 Å². The zero-order valence-corrected chi connectivity index (χ0v) is 7.68. The lowest BCUT2D eigenvalue weighted by molar-refractivity contribution is -0.153. The number of ether oxygens (including phenoxy) is 2. The molecule has 6 heteroatoms. The van der Waals surface area contributed by atoms with Crippen LogP contribution in [0, 0.1) is 34.5 Å². The first-order chi connectivity index (χ1) is 6.62. The average molecular weight is 196 g/mol. The van der Waals surface area contributed by atoms with Gasteiger partial charge in [0.2, 0.25) is 0 Å². The summed E-state index contributed by atoms with van der Waals surface area (Å²) in [6.45, 7) is 0. The maximum atomic E-state index is 11.0. The molecule has 0 aromatic heterocycles. The minimum atomic E-state index is -1.45. The Morgan fingerprint density at radius 3 is 1.43 bits per heavy atom. The maximum absolute atomic E-state index is 11.0. The van der Waals surface area contributed by atoms with Crippen LogP contribution in [-0.2, 0) is 19.1 Å². The molecule has 0 aromatic rings. The van der Waals surface area contributed by atoms with Crippen molar-refractivity contribution in [2.24, 2.45) is 11.8 Å². The second kappa shape index (κ2) is 5.55. The van der Waals surface area contributed by atoms with E-state index in [-0.39, 0.29) is 0 Å². The van der Waals surface area contributed by atoms with E-state index >= 15 is 0 Å². The third kappa shape index (κ3) is 2.46. The molecule has 0 bridgehead atoms. The summed E-state index contributed by atoms with van der Waals surface area (Å²) in [4.78, 5) is 21.9. The van der Waals surface area contributed by atoms with Gasteiger partial charge in [0, 0.05) is 0 Å². The molecule has 0 aliphatic carbocycles. The molecule has 0 aliphatic rings. The van der Waals surface area contributed by atoms with Gasteiger partial charge in [-0.1, -0.05) is 0 Å². The summed E-state index contributed by atoms with van der Waals surface area (Å²) < 4.78 is 8.52. The zero-order valence-electron chi connectivity index (χ0n) is 7.68. The highest BCUT2D eigenvalue weighted by Gasteiger charge is 2.35. The number of methoxy groups -OCH3 is 2. The Balaban J connectivity index is 4.84. The summed E-state index contributed by atoms with van der Waals surface area (Å²) >= 11 is 0. The summed E-state index contributed by atoms with van der Waals surface area (Å²) in [5, 5.41) is 17.1. The summed E-state index contributed by atoms with van der Waals surface area (Å²) in [6, 6.07) is 3.04. The summed E-state index contributed by atoms with van der Waals surface area (Å²) in [7, 11) is 2.14. The van der Waals surface area contributed by atoms with E-state index in [1.807, 2.05) is 0 Å². The molecule has 0 spiro atoms. The van der Waals surface area contributed by atoms with Crippen LogP contribution in [0.2, 0.25) is 0 Å². The molecule has 2 atom stereocenters. The molecule has 0 aromatic carbocycles. The topological polar surface area (TPSA) is 100 Å². The van der Waals surface area contributed by atoms with Crippen molar-refractivity contribution in [3.63, 3.8) is 0 Å². The van der Waals surface area contributed by atoms with E-state index in [1.54, 1.807) is 0 Å². The molecular formula is C8H8N2O4. The van der Waals surface area contributed by atoms with Crippen molar-refractivity contribution in [3.8, 4) is 12.1 Å². The van der Waals surface area contributed by atoms with Crippen molar-refractivity contribution in [2.75, 3.05) is 14.2 Å². The van der Waals surface area contributed by atoms with Crippen molar-refractivity contribution in [3.05, 3.63) is 0 Å². The average Bonchev–Trinajstić information content (AvgIpc) is 2.23. The molecule has 0 unspecified atom stereocenters. The largest absolute Gasteiger partial charge is 0.468 e. The summed E-state index contributed by atoms with van der Waals surface area (Å²) in [6.07, 6.45) is 0. The Morgan fingerprint density at radius 2 is 1.29 bits per heavy atom. The first-order valence-corrected chi connectivity index (χ1v) is 3.57. The van der Waals surface area contributed by atoms with Crippen molar-refractivity contribution < 1.29 is 19.1 Å². The van der Waals surface area contributed by atoms with Crippen molar-refractivity contribution in [1.82, 2.24) is 0 Å². The van der Waals surface area contributed by atoms with Crippen molar-refractivity contribution in [2.45, 2.75) is 0 Å². The van der Waals surface area contributed by atoms with Gasteiger partial charge in [-0.05, 0) is 0 Å². The molecule has 0 saturated heterocycles. The molecule has 6 nitrogen and oxygen atoms in total. The van der Waals surface area contributed by atoms with Crippen LogP contribution in [0.5, 0.6) is 0 Å². The van der Waals surface area contributed by atoms with Crippen LogP contribution in [0.4, 0.5) is 0 Å². The fraction of sp³-hybridized carbons (Fsp3) is 0.500. The number of hydrogen-bond donors (Lipinski definition) is 0. The lowest BCUT2D eigenvalue weighted by Gasteiger charge is -2.10. The second-order valence-corrected chi connectivity index (χ2v) is 2.26. The smallest absolute Gasteiger partial charge is 0.325 e. The molecule has 0 rings (SSSR count). The van der Waals surface area contributed by atoms with E-state index in [0.29, 0.717) is 0 Å². The van der Waals surface area contributed by atoms with Gasteiger partial charge in [-0.15, -0.1) is 0 Å². The molecule has 0 radical (unpaired) electrons. The number of carbonyl (C=O) groups is 2. The number of hydrogen-bond acceptors (Lipinski definition) is 6. The number of rotatable bonds is 3. The van der Waals surface area contributed by atoms with Gasteiger partial charge in [0.25, 0.3) is 0 Å². The maximum Gasteiger partial charge on any atom is 0.325 e. The first kappa shape index (κ1) is 11.9. The molecule has 0 N–H and O–H groups in total. The SMILES string of the molecule is COC(=O)[C@@H](C#N)[C@@H](C#N)C(=O)OC. The van der Waals surface area contributed by atoms with Gasteiger partial charge in [-0.25, -0.2) is 0 Å². The first-order valence-electron chi connectivity index (χ1n) is 3.57. The number of nitrogens with zero attached hydrogens (tertiary/aromatic N) is 2. The fourth-order valence-corrected chi connectivity index (χ4v) is 0.781. The Morgan fingerprint density at radius 1 is 1.00 bits per heavy atom. The highest BCUT2D eigenvalue weighted by molar-refractivity contribution is 5.85. The van der Waals surface area contributed by atoms with Crippen LogP contribution in [0.1, 0.15) is 0 Å². The van der Waals surface area contributed by atoms with E-state index < -0.39 is 23.8 Å². The third-order valence-corrected chi connectivity index (χ3v) is 1.52. The fourth-order valence-electron chi connectivity index (χ4n) is 0.781. The van der Waals surface area contributed by atoms with Crippen LogP contribution >= 0.6 is 0 Å². The van der Waals surface area contributed by atoms with Gasteiger partial charge in [-0.3, -0.25) is 9.59 Å². The summed E-state index contributed by atoms with van der Waals surface area (Å²) in [5.74, 6) is -4.75. The van der Waals surface area contributed by atoms with Gasteiger partial charge < -0.3 is 9.47 Å². The molecule has 14 heavy (non-hydrogen) atoms. The van der Waals surface area contributed by atoms with E-state index in [4.69, 9.17) is 10.5 Å². The quantitative estimate of drug-likeness (QED) is 0.570. The minimum Gasteiger partial charge on any atom is -0.468 e. The Labute approximate surface area is 80.6 Å². The van der Waals surface area contributed by atoms with Gasteiger partial charge in [-0.2, -0.15) is 10.5 Å². The second-order valence-electron chi connectivity index (χ2n) is 2.26. The van der Waals surface area contributed by atoms with Crippen LogP contribution in [0.3, 0.4) is 0 Å². The number of esters is 2.